The van der Waals surface area contributed by atoms with Gasteiger partial charge in [0.25, 0.3) is 0 Å². The maximum atomic E-state index is 9.39. The lowest BCUT2D eigenvalue weighted by Gasteiger charge is -2.29. The van der Waals surface area contributed by atoms with Crippen LogP contribution in [0.4, 0.5) is 0 Å². The van der Waals surface area contributed by atoms with Crippen LogP contribution in [0.3, 0.4) is 0 Å². The van der Waals surface area contributed by atoms with Crippen molar-refractivity contribution in [2.45, 2.75) is 26.1 Å². The van der Waals surface area contributed by atoms with Crippen molar-refractivity contribution in [2.24, 2.45) is 5.41 Å². The van der Waals surface area contributed by atoms with Gasteiger partial charge in [0, 0.05) is 26.2 Å². The average molecular weight is 202 g/mol. The lowest BCUT2D eigenvalue weighted by Crippen LogP contribution is -2.39. The first-order chi connectivity index (χ1) is 6.44. The third kappa shape index (κ3) is 3.20. The van der Waals surface area contributed by atoms with Crippen molar-refractivity contribution >= 4 is 0 Å². The van der Waals surface area contributed by atoms with E-state index >= 15 is 0 Å². The van der Waals surface area contributed by atoms with E-state index in [1.165, 1.54) is 0 Å². The number of nitrogens with zero attached hydrogens (tertiary/aromatic N) is 1. The van der Waals surface area contributed by atoms with Crippen LogP contribution in [0.5, 0.6) is 0 Å². The van der Waals surface area contributed by atoms with Crippen LogP contribution in [-0.2, 0) is 0 Å². The van der Waals surface area contributed by atoms with E-state index in [2.05, 4.69) is 24.1 Å². The molecule has 0 saturated carbocycles. The Morgan fingerprint density at radius 3 is 2.21 bits per heavy atom. The fraction of sp³-hybridized carbons (Fsp3) is 1.00. The summed E-state index contributed by atoms with van der Waals surface area (Å²) in [6.45, 7) is 7.39. The van der Waals surface area contributed by atoms with Crippen molar-refractivity contribution in [3.63, 3.8) is 0 Å². The predicted octanol–water partition coefficient (Wildman–Crippen LogP) is -0.731. The molecule has 0 aromatic heterocycles. The second-order valence-corrected chi connectivity index (χ2v) is 5.02. The number of β-amino-alcohol motifs (C(OH)–C–C–N with tert-alkyl or cyclic N) is 2. The highest BCUT2D eigenvalue weighted by molar-refractivity contribution is 4.86. The molecule has 0 spiro atoms. The van der Waals surface area contributed by atoms with Gasteiger partial charge in [-0.1, -0.05) is 13.8 Å². The fourth-order valence-corrected chi connectivity index (χ4v) is 2.12. The first-order valence-electron chi connectivity index (χ1n) is 5.18. The zero-order chi connectivity index (χ0) is 10.8. The van der Waals surface area contributed by atoms with Gasteiger partial charge in [0.1, 0.15) is 0 Å². The number of rotatable bonds is 4. The molecule has 0 aromatic carbocycles. The summed E-state index contributed by atoms with van der Waals surface area (Å²) in [4.78, 5) is 2.12. The molecular weight excluding hydrogens is 180 g/mol. The van der Waals surface area contributed by atoms with Gasteiger partial charge >= 0.3 is 0 Å². The lowest BCUT2D eigenvalue weighted by atomic mass is 9.93. The van der Waals surface area contributed by atoms with E-state index in [-0.39, 0.29) is 5.41 Å². The van der Waals surface area contributed by atoms with E-state index in [0.717, 1.165) is 13.1 Å². The maximum absolute atomic E-state index is 9.39. The molecule has 14 heavy (non-hydrogen) atoms. The Balaban J connectivity index is 2.38. The minimum atomic E-state index is -0.569. The normalized spacial score (nSPS) is 29.8. The molecular formula is C10H22N2O2. The van der Waals surface area contributed by atoms with E-state index in [1.807, 2.05) is 7.05 Å². The number of aliphatic hydroxyl groups excluding tert-OH is 2. The number of likely N-dealkylation sites (tertiary alicyclic amines) is 1. The van der Waals surface area contributed by atoms with Crippen LogP contribution in [0.25, 0.3) is 0 Å². The third-order valence-electron chi connectivity index (χ3n) is 2.64. The maximum Gasteiger partial charge on any atom is 0.0938 e. The highest BCUT2D eigenvalue weighted by atomic mass is 16.3. The first kappa shape index (κ1) is 11.9. The summed E-state index contributed by atoms with van der Waals surface area (Å²) >= 11 is 0. The van der Waals surface area contributed by atoms with Crippen LogP contribution >= 0.6 is 0 Å². The van der Waals surface area contributed by atoms with Crippen molar-refractivity contribution in [1.29, 1.82) is 0 Å². The molecule has 0 aliphatic carbocycles. The molecule has 0 aromatic rings. The molecule has 1 aliphatic heterocycles. The second-order valence-electron chi connectivity index (χ2n) is 5.02. The van der Waals surface area contributed by atoms with Crippen molar-refractivity contribution in [3.8, 4) is 0 Å². The van der Waals surface area contributed by atoms with Crippen LogP contribution in [0.15, 0.2) is 0 Å². The topological polar surface area (TPSA) is 55.7 Å². The minimum absolute atomic E-state index is 0.179. The van der Waals surface area contributed by atoms with Gasteiger partial charge in [0.05, 0.1) is 12.2 Å². The molecule has 4 heteroatoms. The summed E-state index contributed by atoms with van der Waals surface area (Å²) in [5, 5.41) is 21.9. The number of aliphatic hydroxyl groups is 2. The smallest absolute Gasteiger partial charge is 0.0938 e. The second kappa shape index (κ2) is 4.57. The first-order valence-corrected chi connectivity index (χ1v) is 5.18. The summed E-state index contributed by atoms with van der Waals surface area (Å²) in [6, 6.07) is 0. The molecule has 0 amide bonds. The lowest BCUT2D eigenvalue weighted by molar-refractivity contribution is 0.0572. The molecule has 0 bridgehead atoms. The summed E-state index contributed by atoms with van der Waals surface area (Å²) in [6.07, 6.45) is -1.14. The quantitative estimate of drug-likeness (QED) is 0.562. The zero-order valence-electron chi connectivity index (χ0n) is 9.32. The minimum Gasteiger partial charge on any atom is -0.389 e. The van der Waals surface area contributed by atoms with Gasteiger partial charge in [0.2, 0.25) is 0 Å². The van der Waals surface area contributed by atoms with Gasteiger partial charge < -0.3 is 15.5 Å². The van der Waals surface area contributed by atoms with E-state index in [9.17, 15) is 10.2 Å². The highest BCUT2D eigenvalue weighted by Gasteiger charge is 2.32. The molecule has 2 unspecified atom stereocenters. The molecule has 1 saturated heterocycles. The Bertz CT molecular complexity index is 175. The fourth-order valence-electron chi connectivity index (χ4n) is 2.12. The third-order valence-corrected chi connectivity index (χ3v) is 2.64. The standard InChI is InChI=1S/C10H22N2O2/c1-10(2,6-11-3)7-12-4-8(13)9(14)5-12/h8-9,11,13-14H,4-7H2,1-3H3. The molecule has 1 rings (SSSR count). The van der Waals surface area contributed by atoms with Crippen molar-refractivity contribution < 1.29 is 10.2 Å². The van der Waals surface area contributed by atoms with Gasteiger partial charge in [-0.15, -0.1) is 0 Å². The summed E-state index contributed by atoms with van der Waals surface area (Å²) in [5.41, 5.74) is 0.179. The van der Waals surface area contributed by atoms with E-state index in [4.69, 9.17) is 0 Å². The Labute approximate surface area is 85.9 Å². The molecule has 3 N–H and O–H groups in total. The molecule has 1 fully saturated rings. The van der Waals surface area contributed by atoms with Crippen molar-refractivity contribution in [2.75, 3.05) is 33.2 Å². The largest absolute Gasteiger partial charge is 0.389 e. The predicted molar refractivity (Wildman–Crippen MR) is 56.2 cm³/mol. The molecule has 4 nitrogen and oxygen atoms in total. The van der Waals surface area contributed by atoms with Crippen molar-refractivity contribution in [1.82, 2.24) is 10.2 Å². The van der Waals surface area contributed by atoms with Gasteiger partial charge in [-0.25, -0.2) is 0 Å². The van der Waals surface area contributed by atoms with E-state index in [0.29, 0.717) is 13.1 Å². The number of nitrogens with one attached hydrogen (secondary N) is 1. The van der Waals surface area contributed by atoms with Gasteiger partial charge in [0.15, 0.2) is 0 Å². The van der Waals surface area contributed by atoms with Crippen LogP contribution in [-0.4, -0.2) is 60.5 Å². The summed E-state index contributed by atoms with van der Waals surface area (Å²) < 4.78 is 0. The van der Waals surface area contributed by atoms with E-state index in [1.54, 1.807) is 0 Å². The van der Waals surface area contributed by atoms with Crippen LogP contribution < -0.4 is 5.32 Å². The Kier molecular flexibility index (Phi) is 3.89. The van der Waals surface area contributed by atoms with Crippen LogP contribution in [0, 0.1) is 5.41 Å². The summed E-state index contributed by atoms with van der Waals surface area (Å²) in [5.74, 6) is 0. The van der Waals surface area contributed by atoms with E-state index < -0.39 is 12.2 Å². The highest BCUT2D eigenvalue weighted by Crippen LogP contribution is 2.19. The number of hydrogen-bond acceptors (Lipinski definition) is 4. The molecule has 84 valence electrons. The molecule has 2 atom stereocenters. The molecule has 1 heterocycles. The molecule has 0 radical (unpaired) electrons. The average Bonchev–Trinajstić information content (AvgIpc) is 2.29. The van der Waals surface area contributed by atoms with Crippen LogP contribution in [0.1, 0.15) is 13.8 Å². The Hall–Kier alpha value is -0.160. The van der Waals surface area contributed by atoms with Gasteiger partial charge in [-0.05, 0) is 12.5 Å². The van der Waals surface area contributed by atoms with Gasteiger partial charge in [-0.2, -0.15) is 0 Å². The van der Waals surface area contributed by atoms with Gasteiger partial charge in [-0.3, -0.25) is 4.90 Å². The number of hydrogen-bond donors (Lipinski definition) is 3. The van der Waals surface area contributed by atoms with Crippen molar-refractivity contribution in [3.05, 3.63) is 0 Å². The van der Waals surface area contributed by atoms with Crippen LogP contribution in [0.2, 0.25) is 0 Å². The Morgan fingerprint density at radius 1 is 1.29 bits per heavy atom. The SMILES string of the molecule is CNCC(C)(C)CN1CC(O)C(O)C1. The monoisotopic (exact) mass is 202 g/mol. The zero-order valence-corrected chi connectivity index (χ0v) is 9.32. The summed E-state index contributed by atoms with van der Waals surface area (Å²) in [7, 11) is 1.94. The molecule has 1 aliphatic rings. The Morgan fingerprint density at radius 2 is 1.79 bits per heavy atom.